The fourth-order valence-electron chi connectivity index (χ4n) is 4.04. The second-order valence-electron chi connectivity index (χ2n) is 7.91. The largest absolute Gasteiger partial charge is 0.454 e. The standard InChI is InChI=1S/C23H25ClN4O2S/c24-19-11-18(12-20-22(19)30-16-29-20)15-31-23-26-25-21(14-27-9-5-2-6-10-27)28(23)13-17-7-3-1-4-8-17/h1,3-4,7-8,11-12H,2,5-6,9-10,13-16H2. The molecule has 0 bridgehead atoms. The van der Waals surface area contributed by atoms with Crippen molar-refractivity contribution < 1.29 is 9.47 Å². The molecule has 0 unspecified atom stereocenters. The number of aromatic nitrogens is 3. The highest BCUT2D eigenvalue weighted by atomic mass is 35.5. The summed E-state index contributed by atoms with van der Waals surface area (Å²) in [5.74, 6) is 3.09. The van der Waals surface area contributed by atoms with E-state index >= 15 is 0 Å². The molecule has 0 saturated carbocycles. The van der Waals surface area contributed by atoms with Gasteiger partial charge in [-0.05, 0) is 49.2 Å². The van der Waals surface area contributed by atoms with Crippen LogP contribution in [0.2, 0.25) is 5.02 Å². The number of benzene rings is 2. The van der Waals surface area contributed by atoms with Crippen LogP contribution in [0.15, 0.2) is 47.6 Å². The highest BCUT2D eigenvalue weighted by molar-refractivity contribution is 7.98. The predicted octanol–water partition coefficient (Wildman–Crippen LogP) is 4.99. The highest BCUT2D eigenvalue weighted by Crippen LogP contribution is 2.40. The third-order valence-electron chi connectivity index (χ3n) is 5.65. The van der Waals surface area contributed by atoms with Crippen LogP contribution in [0.1, 0.15) is 36.2 Å². The third-order valence-corrected chi connectivity index (χ3v) is 6.96. The monoisotopic (exact) mass is 456 g/mol. The van der Waals surface area contributed by atoms with E-state index in [2.05, 4.69) is 43.9 Å². The molecule has 1 saturated heterocycles. The Hall–Kier alpha value is -2.22. The molecule has 2 aromatic carbocycles. The normalized spacial score (nSPS) is 16.0. The van der Waals surface area contributed by atoms with Crippen molar-refractivity contribution in [3.8, 4) is 11.5 Å². The molecule has 0 N–H and O–H groups in total. The maximum atomic E-state index is 6.35. The molecule has 1 fully saturated rings. The van der Waals surface area contributed by atoms with E-state index in [-0.39, 0.29) is 6.79 Å². The smallest absolute Gasteiger partial charge is 0.231 e. The molecule has 0 atom stereocenters. The SMILES string of the molecule is Clc1cc(CSc2nnc(CN3CCCCC3)n2Cc2ccccc2)cc2c1OCO2. The summed E-state index contributed by atoms with van der Waals surface area (Å²) in [6, 6.07) is 14.4. The number of halogens is 1. The Labute approximate surface area is 191 Å². The molecule has 1 aromatic heterocycles. The van der Waals surface area contributed by atoms with E-state index in [0.717, 1.165) is 48.5 Å². The summed E-state index contributed by atoms with van der Waals surface area (Å²) >= 11 is 8.03. The number of hydrogen-bond acceptors (Lipinski definition) is 6. The van der Waals surface area contributed by atoms with E-state index in [1.807, 2.05) is 18.2 Å². The Bertz CT molecular complexity index is 1040. The lowest BCUT2D eigenvalue weighted by molar-refractivity contribution is 0.174. The van der Waals surface area contributed by atoms with Gasteiger partial charge in [-0.1, -0.05) is 60.1 Å². The van der Waals surface area contributed by atoms with Crippen LogP contribution in [-0.4, -0.2) is 39.5 Å². The number of ether oxygens (including phenoxy) is 2. The van der Waals surface area contributed by atoms with Gasteiger partial charge in [-0.15, -0.1) is 10.2 Å². The van der Waals surface area contributed by atoms with Gasteiger partial charge in [-0.25, -0.2) is 0 Å². The average Bonchev–Trinajstić information content (AvgIpc) is 3.42. The molecular weight excluding hydrogens is 432 g/mol. The summed E-state index contributed by atoms with van der Waals surface area (Å²) < 4.78 is 13.2. The van der Waals surface area contributed by atoms with E-state index in [0.29, 0.717) is 16.5 Å². The lowest BCUT2D eigenvalue weighted by atomic mass is 10.1. The molecule has 2 aliphatic rings. The zero-order chi connectivity index (χ0) is 21.0. The number of piperidine rings is 1. The summed E-state index contributed by atoms with van der Waals surface area (Å²) in [7, 11) is 0. The summed E-state index contributed by atoms with van der Waals surface area (Å²) in [5, 5.41) is 10.6. The van der Waals surface area contributed by atoms with Gasteiger partial charge >= 0.3 is 0 Å². The Morgan fingerprint density at radius 2 is 1.77 bits per heavy atom. The molecule has 162 valence electrons. The fraction of sp³-hybridized carbons (Fsp3) is 0.391. The van der Waals surface area contributed by atoms with Crippen molar-refractivity contribution in [1.82, 2.24) is 19.7 Å². The molecule has 0 amide bonds. The zero-order valence-corrected chi connectivity index (χ0v) is 18.9. The summed E-state index contributed by atoms with van der Waals surface area (Å²) in [5.41, 5.74) is 2.32. The molecule has 3 aromatic rings. The van der Waals surface area contributed by atoms with Crippen molar-refractivity contribution in [2.75, 3.05) is 19.9 Å². The van der Waals surface area contributed by atoms with Crippen LogP contribution in [0.3, 0.4) is 0 Å². The number of hydrogen-bond donors (Lipinski definition) is 0. The van der Waals surface area contributed by atoms with Gasteiger partial charge in [0.25, 0.3) is 0 Å². The van der Waals surface area contributed by atoms with E-state index in [9.17, 15) is 0 Å². The Balaban J connectivity index is 1.36. The van der Waals surface area contributed by atoms with Crippen molar-refractivity contribution >= 4 is 23.4 Å². The quantitative estimate of drug-likeness (QED) is 0.467. The van der Waals surface area contributed by atoms with Crippen molar-refractivity contribution in [2.24, 2.45) is 0 Å². The zero-order valence-electron chi connectivity index (χ0n) is 17.3. The molecule has 0 aliphatic carbocycles. The summed E-state index contributed by atoms with van der Waals surface area (Å²) in [6.45, 7) is 4.10. The third kappa shape index (κ3) is 4.84. The number of thioether (sulfide) groups is 1. The Kier molecular flexibility index (Phi) is 6.34. The van der Waals surface area contributed by atoms with Crippen LogP contribution in [0, 0.1) is 0 Å². The molecule has 3 heterocycles. The van der Waals surface area contributed by atoms with Gasteiger partial charge in [0, 0.05) is 5.75 Å². The molecular formula is C23H25ClN4O2S. The van der Waals surface area contributed by atoms with Crippen molar-refractivity contribution in [3.63, 3.8) is 0 Å². The first-order valence-electron chi connectivity index (χ1n) is 10.7. The van der Waals surface area contributed by atoms with E-state index in [1.165, 1.54) is 24.8 Å². The Morgan fingerprint density at radius 3 is 2.61 bits per heavy atom. The second-order valence-corrected chi connectivity index (χ2v) is 9.26. The minimum Gasteiger partial charge on any atom is -0.454 e. The van der Waals surface area contributed by atoms with Gasteiger partial charge in [-0.3, -0.25) is 4.90 Å². The van der Waals surface area contributed by atoms with Crippen LogP contribution < -0.4 is 9.47 Å². The number of nitrogens with zero attached hydrogens (tertiary/aromatic N) is 4. The second kappa shape index (κ2) is 9.51. The molecule has 8 heteroatoms. The lowest BCUT2D eigenvalue weighted by Gasteiger charge is -2.26. The van der Waals surface area contributed by atoms with E-state index in [1.54, 1.807) is 11.8 Å². The van der Waals surface area contributed by atoms with Crippen LogP contribution >= 0.6 is 23.4 Å². The van der Waals surface area contributed by atoms with Crippen LogP contribution in [0.4, 0.5) is 0 Å². The average molecular weight is 457 g/mol. The summed E-state index contributed by atoms with van der Waals surface area (Å²) in [4.78, 5) is 2.49. The maximum absolute atomic E-state index is 6.35. The van der Waals surface area contributed by atoms with Gasteiger partial charge < -0.3 is 14.0 Å². The minimum atomic E-state index is 0.219. The van der Waals surface area contributed by atoms with Crippen molar-refractivity contribution in [3.05, 3.63) is 64.4 Å². The molecule has 2 aliphatic heterocycles. The minimum absolute atomic E-state index is 0.219. The van der Waals surface area contributed by atoms with Gasteiger partial charge in [-0.2, -0.15) is 0 Å². The fourth-order valence-corrected chi connectivity index (χ4v) is 5.21. The van der Waals surface area contributed by atoms with Crippen molar-refractivity contribution in [2.45, 2.75) is 43.3 Å². The van der Waals surface area contributed by atoms with Crippen LogP contribution in [0.25, 0.3) is 0 Å². The van der Waals surface area contributed by atoms with Crippen LogP contribution in [-0.2, 0) is 18.8 Å². The van der Waals surface area contributed by atoms with Gasteiger partial charge in [0.05, 0.1) is 18.1 Å². The maximum Gasteiger partial charge on any atom is 0.231 e. The van der Waals surface area contributed by atoms with E-state index in [4.69, 9.17) is 21.1 Å². The predicted molar refractivity (Wildman–Crippen MR) is 122 cm³/mol. The number of fused-ring (bicyclic) bond motifs is 1. The first-order chi connectivity index (χ1) is 15.3. The van der Waals surface area contributed by atoms with Gasteiger partial charge in [0.2, 0.25) is 6.79 Å². The molecule has 0 spiro atoms. The van der Waals surface area contributed by atoms with Crippen molar-refractivity contribution in [1.29, 1.82) is 0 Å². The molecule has 31 heavy (non-hydrogen) atoms. The lowest BCUT2D eigenvalue weighted by Crippen LogP contribution is -2.30. The van der Waals surface area contributed by atoms with Crippen LogP contribution in [0.5, 0.6) is 11.5 Å². The number of rotatable bonds is 7. The first-order valence-corrected chi connectivity index (χ1v) is 12.0. The van der Waals surface area contributed by atoms with Gasteiger partial charge in [0.15, 0.2) is 16.7 Å². The van der Waals surface area contributed by atoms with Gasteiger partial charge in [0.1, 0.15) is 5.82 Å². The highest BCUT2D eigenvalue weighted by Gasteiger charge is 2.20. The Morgan fingerprint density at radius 1 is 0.935 bits per heavy atom. The first kappa shape index (κ1) is 20.7. The van der Waals surface area contributed by atoms with E-state index < -0.39 is 0 Å². The topological polar surface area (TPSA) is 52.4 Å². The number of likely N-dealkylation sites (tertiary alicyclic amines) is 1. The summed E-state index contributed by atoms with van der Waals surface area (Å²) in [6.07, 6.45) is 3.85. The molecule has 0 radical (unpaired) electrons. The molecule has 6 nitrogen and oxygen atoms in total. The molecule has 5 rings (SSSR count).